The molecular formula is C21H26N6O2. The van der Waals surface area contributed by atoms with Crippen molar-refractivity contribution in [2.45, 2.75) is 25.3 Å². The number of anilines is 1. The van der Waals surface area contributed by atoms with Gasteiger partial charge in [-0.2, -0.15) is 0 Å². The first-order valence-corrected chi connectivity index (χ1v) is 10.1. The van der Waals surface area contributed by atoms with Crippen LogP contribution in [0.2, 0.25) is 0 Å². The van der Waals surface area contributed by atoms with Crippen molar-refractivity contribution in [1.82, 2.24) is 25.2 Å². The van der Waals surface area contributed by atoms with E-state index in [0.29, 0.717) is 31.1 Å². The Morgan fingerprint density at radius 1 is 1.24 bits per heavy atom. The molecule has 0 bridgehead atoms. The zero-order chi connectivity index (χ0) is 20.1. The lowest BCUT2D eigenvalue weighted by Gasteiger charge is -2.11. The highest BCUT2D eigenvalue weighted by Crippen LogP contribution is 2.21. The Kier molecular flexibility index (Phi) is 6.02. The van der Waals surface area contributed by atoms with Gasteiger partial charge >= 0.3 is 0 Å². The number of hydrogen-bond donors (Lipinski definition) is 4. The van der Waals surface area contributed by atoms with E-state index in [1.807, 2.05) is 36.4 Å². The Morgan fingerprint density at radius 2 is 2.10 bits per heavy atom. The van der Waals surface area contributed by atoms with Crippen LogP contribution >= 0.6 is 0 Å². The summed E-state index contributed by atoms with van der Waals surface area (Å²) in [6.45, 7) is 2.48. The van der Waals surface area contributed by atoms with Gasteiger partial charge in [0.2, 0.25) is 0 Å². The zero-order valence-corrected chi connectivity index (χ0v) is 16.3. The van der Waals surface area contributed by atoms with E-state index in [1.165, 1.54) is 6.42 Å². The number of nitrogens with one attached hydrogen (secondary N) is 3. The Bertz CT molecular complexity index is 963. The Labute approximate surface area is 169 Å². The molecule has 1 aliphatic rings. The molecule has 29 heavy (non-hydrogen) atoms. The number of imidazole rings is 1. The summed E-state index contributed by atoms with van der Waals surface area (Å²) in [5.41, 5.74) is 3.18. The number of carbonyl (C=O) groups excluding carboxylic acids is 1. The van der Waals surface area contributed by atoms with Crippen LogP contribution in [-0.4, -0.2) is 57.9 Å². The van der Waals surface area contributed by atoms with Gasteiger partial charge in [0.1, 0.15) is 5.82 Å². The Morgan fingerprint density at radius 3 is 2.86 bits per heavy atom. The molecule has 2 aromatic heterocycles. The summed E-state index contributed by atoms with van der Waals surface area (Å²) in [6.07, 6.45) is 4.72. The zero-order valence-electron chi connectivity index (χ0n) is 16.3. The molecule has 152 valence electrons. The normalized spacial score (nSPS) is 16.2. The van der Waals surface area contributed by atoms with Crippen LogP contribution in [0.3, 0.4) is 0 Å². The predicted octanol–water partition coefficient (Wildman–Crippen LogP) is 1.67. The van der Waals surface area contributed by atoms with Crippen molar-refractivity contribution in [3.8, 4) is 11.3 Å². The van der Waals surface area contributed by atoms with Gasteiger partial charge in [0.05, 0.1) is 11.9 Å². The van der Waals surface area contributed by atoms with Gasteiger partial charge in [-0.05, 0) is 50.1 Å². The van der Waals surface area contributed by atoms with Crippen molar-refractivity contribution in [1.29, 1.82) is 0 Å². The summed E-state index contributed by atoms with van der Waals surface area (Å²) < 4.78 is 1.78. The molecule has 1 aliphatic heterocycles. The fourth-order valence-electron chi connectivity index (χ4n) is 3.50. The summed E-state index contributed by atoms with van der Waals surface area (Å²) >= 11 is 0. The van der Waals surface area contributed by atoms with E-state index in [-0.39, 0.29) is 12.5 Å². The van der Waals surface area contributed by atoms with E-state index < -0.39 is 0 Å². The number of aromatic nitrogens is 3. The van der Waals surface area contributed by atoms with E-state index in [2.05, 4.69) is 26.0 Å². The highest BCUT2D eigenvalue weighted by molar-refractivity contribution is 5.94. The van der Waals surface area contributed by atoms with Crippen LogP contribution in [0.25, 0.3) is 16.9 Å². The Balaban J connectivity index is 1.47. The first-order chi connectivity index (χ1) is 14.2. The molecule has 8 heteroatoms. The maximum Gasteiger partial charge on any atom is 0.251 e. The molecule has 1 atom stereocenters. The number of aliphatic hydroxyl groups is 1. The molecule has 4 N–H and O–H groups in total. The standard InChI is InChI=1S/C21H26N6O2/c28-12-2-11-23-19-8-9-20-24-14-18(27(20)26-19)15-4-6-16(7-5-15)21(29)25-13-17-3-1-10-22-17/h4-9,14,17,22,28H,1-3,10-13H2,(H,23,26)(H,25,29). The predicted molar refractivity (Wildman–Crippen MR) is 112 cm³/mol. The van der Waals surface area contributed by atoms with E-state index in [4.69, 9.17) is 5.11 Å². The minimum absolute atomic E-state index is 0.0584. The number of nitrogens with zero attached hydrogens (tertiary/aromatic N) is 3. The van der Waals surface area contributed by atoms with Gasteiger partial charge in [-0.3, -0.25) is 4.79 Å². The molecule has 8 nitrogen and oxygen atoms in total. The molecule has 0 spiro atoms. The average Bonchev–Trinajstić information content (AvgIpc) is 3.42. The number of rotatable bonds is 8. The van der Waals surface area contributed by atoms with Crippen LogP contribution in [0.5, 0.6) is 0 Å². The molecule has 0 radical (unpaired) electrons. The van der Waals surface area contributed by atoms with Crippen LogP contribution in [-0.2, 0) is 0 Å². The lowest BCUT2D eigenvalue weighted by Crippen LogP contribution is -2.37. The second-order valence-corrected chi connectivity index (χ2v) is 7.22. The SMILES string of the molecule is O=C(NCC1CCCN1)c1ccc(-c2cnc3ccc(NCCCO)nn23)cc1. The van der Waals surface area contributed by atoms with Gasteiger partial charge in [0.25, 0.3) is 5.91 Å². The lowest BCUT2D eigenvalue weighted by molar-refractivity contribution is 0.0950. The molecular weight excluding hydrogens is 368 g/mol. The van der Waals surface area contributed by atoms with Gasteiger partial charge in [-0.25, -0.2) is 9.50 Å². The molecule has 4 rings (SSSR count). The van der Waals surface area contributed by atoms with Crippen LogP contribution < -0.4 is 16.0 Å². The van der Waals surface area contributed by atoms with Gasteiger partial charge in [-0.15, -0.1) is 5.10 Å². The maximum atomic E-state index is 12.4. The van der Waals surface area contributed by atoms with Crippen LogP contribution in [0, 0.1) is 0 Å². The number of hydrogen-bond acceptors (Lipinski definition) is 6. The summed E-state index contributed by atoms with van der Waals surface area (Å²) in [7, 11) is 0. The topological polar surface area (TPSA) is 104 Å². The van der Waals surface area contributed by atoms with Crippen molar-refractivity contribution in [3.05, 3.63) is 48.2 Å². The monoisotopic (exact) mass is 394 g/mol. The van der Waals surface area contributed by atoms with E-state index in [1.54, 1.807) is 10.7 Å². The Hall–Kier alpha value is -2.97. The van der Waals surface area contributed by atoms with Crippen molar-refractivity contribution >= 4 is 17.4 Å². The fraction of sp³-hybridized carbons (Fsp3) is 0.381. The van der Waals surface area contributed by atoms with Gasteiger partial charge in [-0.1, -0.05) is 12.1 Å². The van der Waals surface area contributed by atoms with Gasteiger partial charge < -0.3 is 21.1 Å². The highest BCUT2D eigenvalue weighted by atomic mass is 16.3. The second kappa shape index (κ2) is 9.02. The van der Waals surface area contributed by atoms with Gasteiger partial charge in [0.15, 0.2) is 5.65 Å². The largest absolute Gasteiger partial charge is 0.396 e. The van der Waals surface area contributed by atoms with Crippen molar-refractivity contribution in [2.75, 3.05) is 31.6 Å². The van der Waals surface area contributed by atoms with Crippen LogP contribution in [0.1, 0.15) is 29.6 Å². The molecule has 3 heterocycles. The lowest BCUT2D eigenvalue weighted by atomic mass is 10.1. The van der Waals surface area contributed by atoms with Gasteiger partial charge in [0, 0.05) is 36.9 Å². The third kappa shape index (κ3) is 4.55. The first-order valence-electron chi connectivity index (χ1n) is 10.1. The second-order valence-electron chi connectivity index (χ2n) is 7.22. The molecule has 1 saturated heterocycles. The molecule has 3 aromatic rings. The summed E-state index contributed by atoms with van der Waals surface area (Å²) in [5.74, 6) is 0.665. The first kappa shape index (κ1) is 19.4. The fourth-order valence-corrected chi connectivity index (χ4v) is 3.50. The molecule has 1 aromatic carbocycles. The molecule has 0 saturated carbocycles. The van der Waals surface area contributed by atoms with Crippen molar-refractivity contribution < 1.29 is 9.90 Å². The number of aliphatic hydroxyl groups excluding tert-OH is 1. The molecule has 1 amide bonds. The van der Waals surface area contributed by atoms with Crippen LogP contribution in [0.4, 0.5) is 5.82 Å². The molecule has 1 unspecified atom stereocenters. The smallest absolute Gasteiger partial charge is 0.251 e. The average molecular weight is 394 g/mol. The van der Waals surface area contributed by atoms with Crippen molar-refractivity contribution in [3.63, 3.8) is 0 Å². The highest BCUT2D eigenvalue weighted by Gasteiger charge is 2.15. The van der Waals surface area contributed by atoms with E-state index in [0.717, 1.165) is 35.7 Å². The van der Waals surface area contributed by atoms with E-state index >= 15 is 0 Å². The maximum absolute atomic E-state index is 12.4. The minimum atomic E-state index is -0.0584. The van der Waals surface area contributed by atoms with Crippen LogP contribution in [0.15, 0.2) is 42.6 Å². The summed E-state index contributed by atoms with van der Waals surface area (Å²) in [5, 5.41) is 23.1. The van der Waals surface area contributed by atoms with Crippen molar-refractivity contribution in [2.24, 2.45) is 0 Å². The third-order valence-electron chi connectivity index (χ3n) is 5.12. The molecule has 1 fully saturated rings. The number of fused-ring (bicyclic) bond motifs is 1. The number of carbonyl (C=O) groups is 1. The molecule has 0 aliphatic carbocycles. The third-order valence-corrected chi connectivity index (χ3v) is 5.12. The number of benzene rings is 1. The quantitative estimate of drug-likeness (QED) is 0.434. The summed E-state index contributed by atoms with van der Waals surface area (Å²) in [4.78, 5) is 16.8. The number of amides is 1. The minimum Gasteiger partial charge on any atom is -0.396 e. The summed E-state index contributed by atoms with van der Waals surface area (Å²) in [6, 6.07) is 11.6. The van der Waals surface area contributed by atoms with E-state index in [9.17, 15) is 4.79 Å².